The molecule has 2 amide bonds. The molecule has 0 aliphatic carbocycles. The summed E-state index contributed by atoms with van der Waals surface area (Å²) in [5, 5.41) is 6.20. The standard InChI is InChI=1S/C22H22FN3O2/c1-3-12-24-21(27)14(2)25-22(28)18-13-20(15-8-10-16(23)11-9-15)26-19-7-5-4-6-17(18)19/h4-11,13-14H,3,12H2,1-2H3,(H,24,27)(H,25,28)/t14-/m0/s1. The second-order valence-corrected chi connectivity index (χ2v) is 6.57. The third-order valence-electron chi connectivity index (χ3n) is 4.39. The van der Waals surface area contributed by atoms with Crippen LogP contribution in [0.15, 0.2) is 54.6 Å². The molecule has 0 radical (unpaired) electrons. The van der Waals surface area contributed by atoms with Crippen LogP contribution < -0.4 is 10.6 Å². The number of nitrogens with zero attached hydrogens (tertiary/aromatic N) is 1. The summed E-state index contributed by atoms with van der Waals surface area (Å²) in [4.78, 5) is 29.6. The summed E-state index contributed by atoms with van der Waals surface area (Å²) in [6.07, 6.45) is 0.822. The number of nitrogens with one attached hydrogen (secondary N) is 2. The van der Waals surface area contributed by atoms with E-state index < -0.39 is 6.04 Å². The molecule has 0 unspecified atom stereocenters. The van der Waals surface area contributed by atoms with E-state index in [1.807, 2.05) is 31.2 Å². The molecule has 0 bridgehead atoms. The number of carbonyl (C=O) groups is 2. The van der Waals surface area contributed by atoms with Crippen LogP contribution in [0.2, 0.25) is 0 Å². The molecule has 2 aromatic carbocycles. The van der Waals surface area contributed by atoms with Crippen molar-refractivity contribution in [3.8, 4) is 11.3 Å². The number of halogens is 1. The van der Waals surface area contributed by atoms with Crippen LogP contribution in [0.5, 0.6) is 0 Å². The van der Waals surface area contributed by atoms with Gasteiger partial charge in [0.2, 0.25) is 5.91 Å². The number of hydrogen-bond donors (Lipinski definition) is 2. The molecule has 2 N–H and O–H groups in total. The number of hydrogen-bond acceptors (Lipinski definition) is 3. The fourth-order valence-corrected chi connectivity index (χ4v) is 2.87. The zero-order valence-corrected chi connectivity index (χ0v) is 15.8. The Balaban J connectivity index is 1.96. The lowest BCUT2D eigenvalue weighted by atomic mass is 10.0. The van der Waals surface area contributed by atoms with Gasteiger partial charge in [-0.2, -0.15) is 0 Å². The van der Waals surface area contributed by atoms with Gasteiger partial charge < -0.3 is 10.6 Å². The Morgan fingerprint density at radius 2 is 1.82 bits per heavy atom. The molecule has 0 saturated heterocycles. The molecule has 144 valence electrons. The van der Waals surface area contributed by atoms with Gasteiger partial charge in [-0.1, -0.05) is 25.1 Å². The van der Waals surface area contributed by atoms with Crippen molar-refractivity contribution in [3.05, 3.63) is 66.0 Å². The van der Waals surface area contributed by atoms with Gasteiger partial charge >= 0.3 is 0 Å². The third-order valence-corrected chi connectivity index (χ3v) is 4.39. The lowest BCUT2D eigenvalue weighted by Crippen LogP contribution is -2.45. The number of pyridine rings is 1. The molecule has 28 heavy (non-hydrogen) atoms. The number of amides is 2. The van der Waals surface area contributed by atoms with E-state index in [4.69, 9.17) is 0 Å². The highest BCUT2D eigenvalue weighted by molar-refractivity contribution is 6.08. The van der Waals surface area contributed by atoms with Gasteiger partial charge in [-0.25, -0.2) is 9.37 Å². The van der Waals surface area contributed by atoms with Crippen molar-refractivity contribution in [2.24, 2.45) is 0 Å². The first-order chi connectivity index (χ1) is 13.5. The fourth-order valence-electron chi connectivity index (χ4n) is 2.87. The highest BCUT2D eigenvalue weighted by Gasteiger charge is 2.19. The molecule has 0 aliphatic rings. The Morgan fingerprint density at radius 3 is 2.54 bits per heavy atom. The van der Waals surface area contributed by atoms with Crippen molar-refractivity contribution in [2.45, 2.75) is 26.3 Å². The van der Waals surface area contributed by atoms with Gasteiger partial charge in [0.15, 0.2) is 0 Å². The SMILES string of the molecule is CCCNC(=O)[C@H](C)NC(=O)c1cc(-c2ccc(F)cc2)nc2ccccc12. The summed E-state index contributed by atoms with van der Waals surface area (Å²) in [6.45, 7) is 4.17. The lowest BCUT2D eigenvalue weighted by Gasteiger charge is -2.15. The summed E-state index contributed by atoms with van der Waals surface area (Å²) >= 11 is 0. The molecule has 0 saturated carbocycles. The number of carbonyl (C=O) groups excluding carboxylic acids is 2. The minimum Gasteiger partial charge on any atom is -0.354 e. The molecule has 0 aliphatic heterocycles. The Morgan fingerprint density at radius 1 is 1.11 bits per heavy atom. The summed E-state index contributed by atoms with van der Waals surface area (Å²) < 4.78 is 13.2. The van der Waals surface area contributed by atoms with Crippen LogP contribution >= 0.6 is 0 Å². The van der Waals surface area contributed by atoms with Crippen molar-refractivity contribution in [1.82, 2.24) is 15.6 Å². The predicted molar refractivity (Wildman–Crippen MR) is 107 cm³/mol. The van der Waals surface area contributed by atoms with Gasteiger partial charge in [0.1, 0.15) is 11.9 Å². The summed E-state index contributed by atoms with van der Waals surface area (Å²) in [6, 6.07) is 14.2. The molecule has 3 aromatic rings. The maximum atomic E-state index is 13.2. The fraction of sp³-hybridized carbons (Fsp3) is 0.227. The van der Waals surface area contributed by atoms with Crippen LogP contribution in [0.4, 0.5) is 4.39 Å². The molecule has 1 heterocycles. The smallest absolute Gasteiger partial charge is 0.252 e. The van der Waals surface area contributed by atoms with E-state index in [2.05, 4.69) is 15.6 Å². The molecule has 0 spiro atoms. The van der Waals surface area contributed by atoms with E-state index in [1.54, 1.807) is 25.1 Å². The van der Waals surface area contributed by atoms with Crippen LogP contribution in [0.25, 0.3) is 22.2 Å². The Labute approximate surface area is 163 Å². The minimum atomic E-state index is -0.666. The van der Waals surface area contributed by atoms with Crippen LogP contribution in [-0.2, 0) is 4.79 Å². The van der Waals surface area contributed by atoms with E-state index in [9.17, 15) is 14.0 Å². The summed E-state index contributed by atoms with van der Waals surface area (Å²) in [5.74, 6) is -0.928. The zero-order chi connectivity index (χ0) is 20.1. The number of rotatable bonds is 6. The normalized spacial score (nSPS) is 11.8. The average Bonchev–Trinajstić information content (AvgIpc) is 2.71. The van der Waals surface area contributed by atoms with Crippen molar-refractivity contribution in [1.29, 1.82) is 0 Å². The molecule has 5 nitrogen and oxygen atoms in total. The van der Waals surface area contributed by atoms with Crippen LogP contribution in [0.3, 0.4) is 0 Å². The second-order valence-electron chi connectivity index (χ2n) is 6.57. The Hall–Kier alpha value is -3.28. The molecule has 0 fully saturated rings. The highest BCUT2D eigenvalue weighted by Crippen LogP contribution is 2.25. The second kappa shape index (κ2) is 8.61. The molecule has 1 aromatic heterocycles. The van der Waals surface area contributed by atoms with Crippen LogP contribution in [0, 0.1) is 5.82 Å². The zero-order valence-electron chi connectivity index (χ0n) is 15.8. The maximum Gasteiger partial charge on any atom is 0.252 e. The van der Waals surface area contributed by atoms with Crippen molar-refractivity contribution in [3.63, 3.8) is 0 Å². The summed E-state index contributed by atoms with van der Waals surface area (Å²) in [5.41, 5.74) is 2.33. The van der Waals surface area contributed by atoms with Gasteiger partial charge in [-0.05, 0) is 49.7 Å². The minimum absolute atomic E-state index is 0.229. The van der Waals surface area contributed by atoms with E-state index >= 15 is 0 Å². The first-order valence-electron chi connectivity index (χ1n) is 9.24. The molecular weight excluding hydrogens is 357 g/mol. The molecular formula is C22H22FN3O2. The molecule has 6 heteroatoms. The lowest BCUT2D eigenvalue weighted by molar-refractivity contribution is -0.122. The predicted octanol–water partition coefficient (Wildman–Crippen LogP) is 3.69. The van der Waals surface area contributed by atoms with Crippen molar-refractivity contribution >= 4 is 22.7 Å². The van der Waals surface area contributed by atoms with E-state index in [1.165, 1.54) is 12.1 Å². The first kappa shape index (κ1) is 19.5. The molecule has 3 rings (SSSR count). The van der Waals surface area contributed by atoms with E-state index in [0.717, 1.165) is 6.42 Å². The van der Waals surface area contributed by atoms with Gasteiger partial charge in [0.25, 0.3) is 5.91 Å². The number of benzene rings is 2. The van der Waals surface area contributed by atoms with E-state index in [0.29, 0.717) is 34.3 Å². The number of aromatic nitrogens is 1. The van der Waals surface area contributed by atoms with Gasteiger partial charge in [0, 0.05) is 17.5 Å². The van der Waals surface area contributed by atoms with Crippen molar-refractivity contribution in [2.75, 3.05) is 6.54 Å². The Bertz CT molecular complexity index is 1000. The van der Waals surface area contributed by atoms with Gasteiger partial charge in [0.05, 0.1) is 16.8 Å². The van der Waals surface area contributed by atoms with Gasteiger partial charge in [-0.15, -0.1) is 0 Å². The quantitative estimate of drug-likeness (QED) is 0.686. The maximum absolute atomic E-state index is 13.2. The topological polar surface area (TPSA) is 71.1 Å². The van der Waals surface area contributed by atoms with Gasteiger partial charge in [-0.3, -0.25) is 9.59 Å². The van der Waals surface area contributed by atoms with E-state index in [-0.39, 0.29) is 17.6 Å². The average molecular weight is 379 g/mol. The largest absolute Gasteiger partial charge is 0.354 e. The Kier molecular flexibility index (Phi) is 5.99. The van der Waals surface area contributed by atoms with Crippen LogP contribution in [-0.4, -0.2) is 29.4 Å². The first-order valence-corrected chi connectivity index (χ1v) is 9.24. The summed E-state index contributed by atoms with van der Waals surface area (Å²) in [7, 11) is 0. The molecule has 1 atom stereocenters. The van der Waals surface area contributed by atoms with Crippen LogP contribution in [0.1, 0.15) is 30.6 Å². The number of fused-ring (bicyclic) bond motifs is 1. The van der Waals surface area contributed by atoms with Crippen molar-refractivity contribution < 1.29 is 14.0 Å². The number of para-hydroxylation sites is 1. The highest BCUT2D eigenvalue weighted by atomic mass is 19.1. The monoisotopic (exact) mass is 379 g/mol. The third kappa shape index (κ3) is 4.34.